The number of piperidine rings is 1. The van der Waals surface area contributed by atoms with Gasteiger partial charge in [0.05, 0.1) is 0 Å². The summed E-state index contributed by atoms with van der Waals surface area (Å²) in [6.07, 6.45) is -0.285. The van der Waals surface area contributed by atoms with Gasteiger partial charge in [-0.15, -0.1) is 0 Å². The molecule has 0 radical (unpaired) electrons. The predicted molar refractivity (Wildman–Crippen MR) is 124 cm³/mol. The maximum absolute atomic E-state index is 12.5. The van der Waals surface area contributed by atoms with Crippen LogP contribution in [0.5, 0.6) is 0 Å². The Labute approximate surface area is 214 Å². The zero-order valence-corrected chi connectivity index (χ0v) is 20.2. The molecule has 2 aliphatic rings. The molecule has 1 aromatic heterocycles. The predicted octanol–water partition coefficient (Wildman–Crippen LogP) is 4.90. The second-order valence-electron chi connectivity index (χ2n) is 9.00. The molecule has 4 rings (SSSR count). The Morgan fingerprint density at radius 3 is 2.13 bits per heavy atom. The molecule has 1 aliphatic carbocycles. The highest BCUT2D eigenvalue weighted by Crippen LogP contribution is 2.34. The van der Waals surface area contributed by atoms with Crippen LogP contribution in [0.2, 0.25) is 0 Å². The first-order valence-corrected chi connectivity index (χ1v) is 12.0. The van der Waals surface area contributed by atoms with E-state index in [0.717, 1.165) is 31.5 Å². The number of Topliss-reactive ketones (excluding diaryl/α,β-unsaturated/α-hetero) is 3. The molecule has 0 unspecified atom stereocenters. The Morgan fingerprint density at radius 1 is 0.947 bits per heavy atom. The molecule has 0 amide bonds. The van der Waals surface area contributed by atoms with Crippen LogP contribution in [0.3, 0.4) is 0 Å². The second-order valence-corrected chi connectivity index (χ2v) is 9.00. The molecule has 0 spiro atoms. The van der Waals surface area contributed by atoms with Gasteiger partial charge in [0.25, 0.3) is 0 Å². The van der Waals surface area contributed by atoms with Gasteiger partial charge in [-0.05, 0) is 79.8 Å². The van der Waals surface area contributed by atoms with Gasteiger partial charge in [0.1, 0.15) is 6.33 Å². The Balaban J connectivity index is 0.000000284. The van der Waals surface area contributed by atoms with Gasteiger partial charge >= 0.3 is 23.9 Å². The summed E-state index contributed by atoms with van der Waals surface area (Å²) in [6.45, 7) is 2.18. The lowest BCUT2D eigenvalue weighted by Gasteiger charge is -2.25. The summed E-state index contributed by atoms with van der Waals surface area (Å²) in [7, 11) is 0. The molecule has 1 aliphatic heterocycles. The zero-order valence-electron chi connectivity index (χ0n) is 20.2. The number of ketones is 3. The third-order valence-electron chi connectivity index (χ3n) is 6.33. The van der Waals surface area contributed by atoms with E-state index >= 15 is 0 Å². The number of alkyl halides is 6. The Bertz CT molecular complexity index is 1140. The van der Waals surface area contributed by atoms with E-state index in [0.29, 0.717) is 18.2 Å². The number of carbonyl (C=O) groups excluding carboxylic acids is 3. The van der Waals surface area contributed by atoms with E-state index in [9.17, 15) is 40.7 Å². The molecule has 2 heterocycles. The third-order valence-corrected chi connectivity index (χ3v) is 6.33. The molecule has 0 atom stereocenters. The maximum atomic E-state index is 12.5. The number of H-pyrrole nitrogens is 1. The number of carbonyl (C=O) groups is 3. The SMILES string of the molecule is O=C(C(=O)C(F)(F)F)C(F)(F)F.O=C(Cc1ccc(C2CCNCC2)cc1C1=CCCCC1)c1ncn[nH]1. The molecule has 2 N–H and O–H groups in total. The van der Waals surface area contributed by atoms with E-state index in [-0.39, 0.29) is 5.78 Å². The smallest absolute Gasteiger partial charge is 0.317 e. The summed E-state index contributed by atoms with van der Waals surface area (Å²) in [6, 6.07) is 6.75. The standard InChI is InChI=1S/C21H26N4O.C4F6O2/c26-20(21-23-14-24-25-21)13-18-7-6-17(15-8-10-22-11-9-15)12-19(18)16-4-2-1-3-5-16;5-3(6,7)1(11)2(12)4(8,9)10/h4,6-7,12,14-15,22H,1-3,5,8-11,13H2,(H,23,24,25);. The van der Waals surface area contributed by atoms with Gasteiger partial charge in [-0.1, -0.05) is 24.3 Å². The number of nitrogens with zero attached hydrogens (tertiary/aromatic N) is 2. The van der Waals surface area contributed by atoms with Gasteiger partial charge in [0, 0.05) is 6.42 Å². The van der Waals surface area contributed by atoms with E-state index in [1.165, 1.54) is 48.7 Å². The summed E-state index contributed by atoms with van der Waals surface area (Å²) in [5.74, 6) is -5.85. The molecule has 38 heavy (non-hydrogen) atoms. The summed E-state index contributed by atoms with van der Waals surface area (Å²) < 4.78 is 67.0. The van der Waals surface area contributed by atoms with Crippen molar-refractivity contribution in [2.24, 2.45) is 0 Å². The Morgan fingerprint density at radius 2 is 1.61 bits per heavy atom. The molecule has 206 valence electrons. The number of nitrogens with one attached hydrogen (secondary N) is 2. The van der Waals surface area contributed by atoms with Crippen molar-refractivity contribution in [1.82, 2.24) is 20.5 Å². The highest BCUT2D eigenvalue weighted by molar-refractivity contribution is 6.41. The van der Waals surface area contributed by atoms with Crippen molar-refractivity contribution in [3.63, 3.8) is 0 Å². The van der Waals surface area contributed by atoms with Crippen molar-refractivity contribution in [3.05, 3.63) is 53.1 Å². The van der Waals surface area contributed by atoms with E-state index < -0.39 is 23.9 Å². The molecule has 13 heteroatoms. The van der Waals surface area contributed by atoms with Crippen molar-refractivity contribution in [1.29, 1.82) is 0 Å². The number of aromatic nitrogens is 3. The number of aromatic amines is 1. The highest BCUT2D eigenvalue weighted by Gasteiger charge is 2.54. The molecule has 2 aromatic rings. The molecule has 1 fully saturated rings. The molecule has 1 saturated heterocycles. The maximum Gasteiger partial charge on any atom is 0.458 e. The summed E-state index contributed by atoms with van der Waals surface area (Å²) in [5.41, 5.74) is 5.21. The van der Waals surface area contributed by atoms with Crippen LogP contribution in [0.1, 0.15) is 71.8 Å². The summed E-state index contributed by atoms with van der Waals surface area (Å²) in [4.78, 5) is 35.8. The van der Waals surface area contributed by atoms with Gasteiger partial charge in [0.2, 0.25) is 5.78 Å². The van der Waals surface area contributed by atoms with Crippen LogP contribution in [0.15, 0.2) is 30.6 Å². The van der Waals surface area contributed by atoms with E-state index in [2.05, 4.69) is 44.8 Å². The fourth-order valence-corrected chi connectivity index (χ4v) is 4.39. The summed E-state index contributed by atoms with van der Waals surface area (Å²) in [5, 5.41) is 9.93. The van der Waals surface area contributed by atoms with Crippen molar-refractivity contribution in [2.45, 2.75) is 63.2 Å². The number of allylic oxidation sites excluding steroid dienone is 2. The molecular weight excluding hydrogens is 518 g/mol. The molecule has 1 aromatic carbocycles. The Kier molecular flexibility index (Phi) is 9.58. The topological polar surface area (TPSA) is 105 Å². The van der Waals surface area contributed by atoms with Crippen LogP contribution >= 0.6 is 0 Å². The number of benzene rings is 1. The first-order valence-electron chi connectivity index (χ1n) is 12.0. The third kappa shape index (κ3) is 7.83. The minimum Gasteiger partial charge on any atom is -0.317 e. The van der Waals surface area contributed by atoms with Crippen LogP contribution in [0, 0.1) is 0 Å². The lowest BCUT2D eigenvalue weighted by Crippen LogP contribution is -2.39. The van der Waals surface area contributed by atoms with Gasteiger partial charge in [-0.3, -0.25) is 19.5 Å². The average Bonchev–Trinajstić information content (AvgIpc) is 3.44. The van der Waals surface area contributed by atoms with Gasteiger partial charge in [0.15, 0.2) is 5.82 Å². The lowest BCUT2D eigenvalue weighted by atomic mass is 9.84. The minimum absolute atomic E-state index is 0.00484. The van der Waals surface area contributed by atoms with Crippen LogP contribution in [-0.2, 0) is 16.0 Å². The zero-order chi connectivity index (χ0) is 27.9. The van der Waals surface area contributed by atoms with E-state index in [1.54, 1.807) is 0 Å². The van der Waals surface area contributed by atoms with Crippen LogP contribution in [0.25, 0.3) is 5.57 Å². The molecule has 0 bridgehead atoms. The Hall–Kier alpha value is -3.35. The van der Waals surface area contributed by atoms with E-state index in [1.807, 2.05) is 0 Å². The molecule has 7 nitrogen and oxygen atoms in total. The van der Waals surface area contributed by atoms with Gasteiger partial charge < -0.3 is 5.32 Å². The number of hydrogen-bond acceptors (Lipinski definition) is 6. The monoisotopic (exact) mass is 544 g/mol. The van der Waals surface area contributed by atoms with Crippen molar-refractivity contribution >= 4 is 22.9 Å². The first-order chi connectivity index (χ1) is 17.9. The van der Waals surface area contributed by atoms with Gasteiger partial charge in [-0.25, -0.2) is 4.98 Å². The second kappa shape index (κ2) is 12.5. The quantitative estimate of drug-likeness (QED) is 0.305. The van der Waals surface area contributed by atoms with Crippen molar-refractivity contribution in [3.8, 4) is 0 Å². The normalized spacial score (nSPS) is 16.7. The largest absolute Gasteiger partial charge is 0.458 e. The number of halogens is 6. The number of hydrogen-bond donors (Lipinski definition) is 2. The van der Waals surface area contributed by atoms with Crippen molar-refractivity contribution < 1.29 is 40.7 Å². The van der Waals surface area contributed by atoms with Gasteiger partial charge in [-0.2, -0.15) is 31.4 Å². The van der Waals surface area contributed by atoms with Crippen LogP contribution < -0.4 is 5.32 Å². The highest BCUT2D eigenvalue weighted by atomic mass is 19.4. The van der Waals surface area contributed by atoms with Crippen LogP contribution in [-0.4, -0.2) is 58.0 Å². The first kappa shape index (κ1) is 29.2. The summed E-state index contributed by atoms with van der Waals surface area (Å²) >= 11 is 0. The average molecular weight is 544 g/mol. The number of rotatable bonds is 6. The molecular formula is C25H26F6N4O3. The fraction of sp³-hybridized carbons (Fsp3) is 0.480. The minimum atomic E-state index is -5.77. The molecule has 0 saturated carbocycles. The van der Waals surface area contributed by atoms with E-state index in [4.69, 9.17) is 0 Å². The fourth-order valence-electron chi connectivity index (χ4n) is 4.39. The lowest BCUT2D eigenvalue weighted by molar-refractivity contribution is -0.193. The van der Waals surface area contributed by atoms with Crippen molar-refractivity contribution in [2.75, 3.05) is 13.1 Å². The van der Waals surface area contributed by atoms with Crippen LogP contribution in [0.4, 0.5) is 26.3 Å².